The number of carbonyl (C=O) groups excluding carboxylic acids is 2. The molecule has 2 rings (SSSR count). The van der Waals surface area contributed by atoms with Gasteiger partial charge in [0.25, 0.3) is 5.24 Å². The minimum atomic E-state index is -0.432. The van der Waals surface area contributed by atoms with Crippen LogP contribution in [0.3, 0.4) is 0 Å². The van der Waals surface area contributed by atoms with Crippen LogP contribution >= 0.6 is 24.0 Å². The lowest BCUT2D eigenvalue weighted by Crippen LogP contribution is -2.33. The van der Waals surface area contributed by atoms with Crippen molar-refractivity contribution < 1.29 is 19.1 Å². The van der Waals surface area contributed by atoms with Gasteiger partial charge in [-0.05, 0) is 42.0 Å². The molecule has 0 radical (unpaired) electrons. The molecule has 0 unspecified atom stereocenters. The van der Waals surface area contributed by atoms with E-state index in [1.165, 1.54) is 4.90 Å². The number of methoxy groups -OCH3 is 1. The molecular weight excluding hydrogens is 358 g/mol. The van der Waals surface area contributed by atoms with Crippen LogP contribution in [0, 0.1) is 0 Å². The molecule has 1 aromatic carbocycles. The normalized spacial score (nSPS) is 15.8. The summed E-state index contributed by atoms with van der Waals surface area (Å²) in [7, 11) is 1.60. The number of benzene rings is 1. The Balaban J connectivity index is 1.96. The first-order chi connectivity index (χ1) is 12.0. The summed E-state index contributed by atoms with van der Waals surface area (Å²) in [5.41, 5.74) is 0.905. The third kappa shape index (κ3) is 5.57. The molecule has 0 N–H and O–H groups in total. The Morgan fingerprint density at radius 3 is 2.64 bits per heavy atom. The van der Waals surface area contributed by atoms with Gasteiger partial charge in [-0.15, -0.1) is 0 Å². The Bertz CT molecular complexity index is 670. The molecule has 0 aliphatic carbocycles. The number of ether oxygens (including phenoxy) is 2. The first-order valence-corrected chi connectivity index (χ1v) is 9.32. The number of carbonyl (C=O) groups is 2. The SMILES string of the molecule is CCCCCOC(=O)CN1C(=O)S/C(=C/c2ccc(OC)cc2)C1=S. The fourth-order valence-electron chi connectivity index (χ4n) is 2.20. The summed E-state index contributed by atoms with van der Waals surface area (Å²) < 4.78 is 10.3. The molecule has 1 fully saturated rings. The fraction of sp³-hybridized carbons (Fsp3) is 0.389. The summed E-state index contributed by atoms with van der Waals surface area (Å²) in [5.74, 6) is 0.324. The topological polar surface area (TPSA) is 55.8 Å². The van der Waals surface area contributed by atoms with E-state index in [1.807, 2.05) is 30.3 Å². The molecule has 1 saturated heterocycles. The number of thiocarbonyl (C=S) groups is 1. The smallest absolute Gasteiger partial charge is 0.326 e. The van der Waals surface area contributed by atoms with Crippen LogP contribution in [0.4, 0.5) is 4.79 Å². The zero-order valence-electron chi connectivity index (χ0n) is 14.3. The lowest BCUT2D eigenvalue weighted by atomic mass is 10.2. The lowest BCUT2D eigenvalue weighted by molar-refractivity contribution is -0.143. The molecule has 1 aromatic rings. The molecule has 0 saturated carbocycles. The second-order valence-electron chi connectivity index (χ2n) is 5.47. The van der Waals surface area contributed by atoms with Crippen LogP contribution in [0.5, 0.6) is 5.75 Å². The zero-order chi connectivity index (χ0) is 18.2. The Kier molecular flexibility index (Phi) is 7.46. The van der Waals surface area contributed by atoms with Gasteiger partial charge in [0.05, 0.1) is 18.6 Å². The highest BCUT2D eigenvalue weighted by Crippen LogP contribution is 2.33. The Hall–Kier alpha value is -1.86. The molecular formula is C18H21NO4S2. The van der Waals surface area contributed by atoms with Crippen LogP contribution in [0.1, 0.15) is 31.7 Å². The number of thioether (sulfide) groups is 1. The predicted molar refractivity (Wildman–Crippen MR) is 104 cm³/mol. The van der Waals surface area contributed by atoms with E-state index >= 15 is 0 Å². The Morgan fingerprint density at radius 1 is 1.28 bits per heavy atom. The summed E-state index contributed by atoms with van der Waals surface area (Å²) in [6, 6.07) is 7.43. The third-order valence-corrected chi connectivity index (χ3v) is 5.08. The maximum absolute atomic E-state index is 12.1. The van der Waals surface area contributed by atoms with Crippen molar-refractivity contribution in [2.75, 3.05) is 20.3 Å². The van der Waals surface area contributed by atoms with E-state index < -0.39 is 5.97 Å². The highest BCUT2D eigenvalue weighted by Gasteiger charge is 2.33. The predicted octanol–water partition coefficient (Wildman–Crippen LogP) is 4.27. The summed E-state index contributed by atoms with van der Waals surface area (Å²) in [4.78, 5) is 26.3. The molecule has 1 amide bonds. The van der Waals surface area contributed by atoms with Gasteiger partial charge in [-0.25, -0.2) is 0 Å². The summed E-state index contributed by atoms with van der Waals surface area (Å²) in [5, 5.41) is -0.254. The Labute approximate surface area is 157 Å². The van der Waals surface area contributed by atoms with Crippen LogP contribution in [-0.2, 0) is 9.53 Å². The minimum absolute atomic E-state index is 0.142. The number of esters is 1. The highest BCUT2D eigenvalue weighted by molar-refractivity contribution is 8.19. The number of nitrogens with zero attached hydrogens (tertiary/aromatic N) is 1. The van der Waals surface area contributed by atoms with Crippen molar-refractivity contribution in [1.82, 2.24) is 4.90 Å². The summed E-state index contributed by atoms with van der Waals surface area (Å²) in [6.07, 6.45) is 4.73. The maximum Gasteiger partial charge on any atom is 0.326 e. The Morgan fingerprint density at radius 2 is 2.00 bits per heavy atom. The number of hydrogen-bond acceptors (Lipinski definition) is 6. The van der Waals surface area contributed by atoms with Crippen molar-refractivity contribution >= 4 is 46.3 Å². The van der Waals surface area contributed by atoms with E-state index in [4.69, 9.17) is 21.7 Å². The van der Waals surface area contributed by atoms with Crippen LogP contribution in [0.2, 0.25) is 0 Å². The maximum atomic E-state index is 12.1. The van der Waals surface area contributed by atoms with E-state index in [1.54, 1.807) is 7.11 Å². The molecule has 25 heavy (non-hydrogen) atoms. The standard InChI is InChI=1S/C18H21NO4S2/c1-3-4-5-10-23-16(20)12-19-17(24)15(25-18(19)21)11-13-6-8-14(22-2)9-7-13/h6-9,11H,3-5,10,12H2,1-2H3/b15-11+. The summed E-state index contributed by atoms with van der Waals surface area (Å²) in [6.45, 7) is 2.32. The van der Waals surface area contributed by atoms with Crippen LogP contribution < -0.4 is 4.74 Å². The molecule has 0 atom stereocenters. The van der Waals surface area contributed by atoms with Gasteiger partial charge in [0.2, 0.25) is 0 Å². The molecule has 1 aliphatic heterocycles. The number of amides is 1. The molecule has 1 aliphatic rings. The molecule has 134 valence electrons. The van der Waals surface area contributed by atoms with Crippen molar-refractivity contribution in [3.05, 3.63) is 34.7 Å². The molecule has 0 aromatic heterocycles. The van der Waals surface area contributed by atoms with E-state index in [2.05, 4.69) is 6.92 Å². The van der Waals surface area contributed by atoms with Crippen molar-refractivity contribution in [2.24, 2.45) is 0 Å². The van der Waals surface area contributed by atoms with Gasteiger partial charge < -0.3 is 9.47 Å². The number of unbranched alkanes of at least 4 members (excludes halogenated alkanes) is 2. The van der Waals surface area contributed by atoms with Gasteiger partial charge in [0.1, 0.15) is 17.3 Å². The van der Waals surface area contributed by atoms with Gasteiger partial charge in [0, 0.05) is 0 Å². The highest BCUT2D eigenvalue weighted by atomic mass is 32.2. The van der Waals surface area contributed by atoms with Gasteiger partial charge in [0.15, 0.2) is 0 Å². The second-order valence-corrected chi connectivity index (χ2v) is 6.85. The largest absolute Gasteiger partial charge is 0.497 e. The molecule has 7 heteroatoms. The average molecular weight is 380 g/mol. The van der Waals surface area contributed by atoms with Gasteiger partial charge in [-0.3, -0.25) is 14.5 Å². The van der Waals surface area contributed by atoms with E-state index in [-0.39, 0.29) is 11.8 Å². The van der Waals surface area contributed by atoms with Crippen molar-refractivity contribution in [2.45, 2.75) is 26.2 Å². The van der Waals surface area contributed by atoms with Crippen LogP contribution in [0.25, 0.3) is 6.08 Å². The molecule has 0 spiro atoms. The van der Waals surface area contributed by atoms with Crippen LogP contribution in [-0.4, -0.2) is 41.4 Å². The molecule has 5 nitrogen and oxygen atoms in total. The fourth-order valence-corrected chi connectivity index (χ4v) is 3.44. The van der Waals surface area contributed by atoms with E-state index in [0.29, 0.717) is 16.5 Å². The first kappa shape index (κ1) is 19.5. The van der Waals surface area contributed by atoms with Gasteiger partial charge >= 0.3 is 5.97 Å². The van der Waals surface area contributed by atoms with E-state index in [0.717, 1.165) is 42.3 Å². The first-order valence-electron chi connectivity index (χ1n) is 8.10. The van der Waals surface area contributed by atoms with Crippen molar-refractivity contribution in [3.8, 4) is 5.75 Å². The zero-order valence-corrected chi connectivity index (χ0v) is 16.0. The lowest BCUT2D eigenvalue weighted by Gasteiger charge is -2.13. The minimum Gasteiger partial charge on any atom is -0.497 e. The van der Waals surface area contributed by atoms with Gasteiger partial charge in [-0.1, -0.05) is 44.1 Å². The second kappa shape index (κ2) is 9.58. The van der Waals surface area contributed by atoms with Crippen molar-refractivity contribution in [1.29, 1.82) is 0 Å². The van der Waals surface area contributed by atoms with Crippen molar-refractivity contribution in [3.63, 3.8) is 0 Å². The average Bonchev–Trinajstić information content (AvgIpc) is 2.87. The molecule has 0 bridgehead atoms. The third-order valence-electron chi connectivity index (χ3n) is 3.59. The van der Waals surface area contributed by atoms with E-state index in [9.17, 15) is 9.59 Å². The monoisotopic (exact) mass is 379 g/mol. The van der Waals surface area contributed by atoms with Gasteiger partial charge in [-0.2, -0.15) is 0 Å². The number of rotatable bonds is 8. The number of hydrogen-bond donors (Lipinski definition) is 0. The van der Waals surface area contributed by atoms with Crippen LogP contribution in [0.15, 0.2) is 29.2 Å². The summed E-state index contributed by atoms with van der Waals surface area (Å²) >= 11 is 6.37. The molecule has 1 heterocycles. The quantitative estimate of drug-likeness (QED) is 0.291.